The molecule has 0 radical (unpaired) electrons. The topological polar surface area (TPSA) is 99.3 Å². The third-order valence-corrected chi connectivity index (χ3v) is 5.61. The number of ether oxygens (including phenoxy) is 2. The highest BCUT2D eigenvalue weighted by molar-refractivity contribution is 5.77. The molecule has 1 fully saturated rings. The molecule has 5 rings (SSSR count). The number of nitrogens with zero attached hydrogens (tertiary/aromatic N) is 6. The van der Waals surface area contributed by atoms with Gasteiger partial charge in [0.05, 0.1) is 26.9 Å². The van der Waals surface area contributed by atoms with Gasteiger partial charge < -0.3 is 19.7 Å². The Morgan fingerprint density at radius 1 is 1.15 bits per heavy atom. The number of pyridine rings is 1. The Labute approximate surface area is 196 Å². The molecule has 0 unspecified atom stereocenters. The summed E-state index contributed by atoms with van der Waals surface area (Å²) in [7, 11) is 1.55. The van der Waals surface area contributed by atoms with E-state index in [-0.39, 0.29) is 5.56 Å². The largest absolute Gasteiger partial charge is 0.481 e. The predicted octanol–water partition coefficient (Wildman–Crippen LogP) is 2.75. The molecule has 0 saturated carbocycles. The lowest BCUT2D eigenvalue weighted by Gasteiger charge is -2.28. The second-order valence-corrected chi connectivity index (χ2v) is 7.73. The fourth-order valence-electron chi connectivity index (χ4n) is 3.95. The minimum atomic E-state index is -0.221. The van der Waals surface area contributed by atoms with Crippen molar-refractivity contribution >= 4 is 28.4 Å². The Hall–Kier alpha value is -4.18. The van der Waals surface area contributed by atoms with Crippen LogP contribution in [0.5, 0.6) is 5.88 Å². The number of aromatic nitrogens is 5. The zero-order valence-electron chi connectivity index (χ0n) is 18.8. The Bertz CT molecular complexity index is 1370. The van der Waals surface area contributed by atoms with Gasteiger partial charge in [0.25, 0.3) is 5.56 Å². The second kappa shape index (κ2) is 9.36. The molecule has 10 heteroatoms. The fraction of sp³-hybridized carbons (Fsp3) is 0.250. The zero-order valence-corrected chi connectivity index (χ0v) is 18.8. The molecule has 0 aliphatic carbocycles. The van der Waals surface area contributed by atoms with E-state index < -0.39 is 0 Å². The van der Waals surface area contributed by atoms with E-state index in [2.05, 4.69) is 43.9 Å². The van der Waals surface area contributed by atoms with Crippen LogP contribution >= 0.6 is 0 Å². The summed E-state index contributed by atoms with van der Waals surface area (Å²) in [5.41, 5.74) is 2.20. The van der Waals surface area contributed by atoms with E-state index in [0.29, 0.717) is 35.2 Å². The van der Waals surface area contributed by atoms with Crippen LogP contribution in [0, 0.1) is 0 Å². The van der Waals surface area contributed by atoms with Gasteiger partial charge in [-0.2, -0.15) is 9.97 Å². The minimum absolute atomic E-state index is 0.221. The molecule has 4 aromatic rings. The number of methoxy groups -OCH3 is 1. The number of anilines is 3. The quantitative estimate of drug-likeness (QED) is 0.421. The lowest BCUT2D eigenvalue weighted by atomic mass is 10.2. The second-order valence-electron chi connectivity index (χ2n) is 7.73. The van der Waals surface area contributed by atoms with Crippen LogP contribution in [-0.4, -0.2) is 57.7 Å². The standard InChI is InChI=1S/C24H25N7O3/c1-3-11-30-23(32)19-16-25-24(28-22(19)31(30)20-5-4-6-21(27-20)33-2)26-17-7-9-18(10-8-17)29-12-14-34-15-13-29/h3-10,16H,1,11-15H2,2H3,(H,25,26,28). The third-order valence-electron chi connectivity index (χ3n) is 5.61. The molecule has 10 nitrogen and oxygen atoms in total. The number of rotatable bonds is 7. The summed E-state index contributed by atoms with van der Waals surface area (Å²) in [6.45, 7) is 7.30. The molecule has 34 heavy (non-hydrogen) atoms. The van der Waals surface area contributed by atoms with Crippen LogP contribution in [-0.2, 0) is 11.3 Å². The smallest absolute Gasteiger partial charge is 0.278 e. The Kier molecular flexibility index (Phi) is 5.96. The Morgan fingerprint density at radius 2 is 1.94 bits per heavy atom. The molecule has 1 saturated heterocycles. The fourth-order valence-corrected chi connectivity index (χ4v) is 3.95. The highest BCUT2D eigenvalue weighted by Gasteiger charge is 2.18. The first-order valence-electron chi connectivity index (χ1n) is 11.0. The molecule has 174 valence electrons. The number of fused-ring (bicyclic) bond motifs is 1. The summed E-state index contributed by atoms with van der Waals surface area (Å²) < 4.78 is 13.9. The van der Waals surface area contributed by atoms with Gasteiger partial charge in [-0.25, -0.2) is 14.3 Å². The Morgan fingerprint density at radius 3 is 2.68 bits per heavy atom. The van der Waals surface area contributed by atoms with Crippen LogP contribution in [0.2, 0.25) is 0 Å². The SMILES string of the molecule is C=CCn1c(=O)c2cnc(Nc3ccc(N4CCOCC4)cc3)nc2n1-c1cccc(OC)n1. The average molecular weight is 460 g/mol. The van der Waals surface area contributed by atoms with Crippen LogP contribution < -0.4 is 20.5 Å². The molecule has 3 aromatic heterocycles. The van der Waals surface area contributed by atoms with Gasteiger partial charge in [0.15, 0.2) is 11.5 Å². The summed E-state index contributed by atoms with van der Waals surface area (Å²) in [4.78, 5) is 28.9. The molecule has 1 aliphatic rings. The van der Waals surface area contributed by atoms with Crippen molar-refractivity contribution in [1.82, 2.24) is 24.3 Å². The highest BCUT2D eigenvalue weighted by Crippen LogP contribution is 2.22. The first-order valence-corrected chi connectivity index (χ1v) is 11.0. The van der Waals surface area contributed by atoms with Crippen molar-refractivity contribution in [3.63, 3.8) is 0 Å². The zero-order chi connectivity index (χ0) is 23.5. The van der Waals surface area contributed by atoms with Crippen molar-refractivity contribution < 1.29 is 9.47 Å². The summed E-state index contributed by atoms with van der Waals surface area (Å²) in [6.07, 6.45) is 3.19. The number of nitrogens with one attached hydrogen (secondary N) is 1. The van der Waals surface area contributed by atoms with Crippen LogP contribution in [0.3, 0.4) is 0 Å². The van der Waals surface area contributed by atoms with E-state index in [1.807, 2.05) is 18.2 Å². The molecular formula is C24H25N7O3. The van der Waals surface area contributed by atoms with Gasteiger partial charge in [-0.15, -0.1) is 6.58 Å². The van der Waals surface area contributed by atoms with E-state index in [0.717, 1.165) is 37.7 Å². The van der Waals surface area contributed by atoms with E-state index in [1.54, 1.807) is 30.0 Å². The van der Waals surface area contributed by atoms with Gasteiger partial charge in [-0.3, -0.25) is 4.79 Å². The number of allylic oxidation sites excluding steroid dienone is 1. The average Bonchev–Trinajstić information content (AvgIpc) is 3.16. The van der Waals surface area contributed by atoms with Gasteiger partial charge in [0.2, 0.25) is 11.8 Å². The lowest BCUT2D eigenvalue weighted by Crippen LogP contribution is -2.36. The number of morpholine rings is 1. The maximum absolute atomic E-state index is 13.0. The maximum Gasteiger partial charge on any atom is 0.278 e. The number of hydrogen-bond donors (Lipinski definition) is 1. The van der Waals surface area contributed by atoms with Crippen molar-refractivity contribution in [2.45, 2.75) is 6.54 Å². The van der Waals surface area contributed by atoms with Crippen molar-refractivity contribution in [3.8, 4) is 11.7 Å². The Balaban J connectivity index is 1.51. The van der Waals surface area contributed by atoms with Gasteiger partial charge >= 0.3 is 0 Å². The molecule has 1 aliphatic heterocycles. The molecule has 0 atom stereocenters. The van der Waals surface area contributed by atoms with Crippen molar-refractivity contribution in [2.75, 3.05) is 43.6 Å². The summed E-state index contributed by atoms with van der Waals surface area (Å²) >= 11 is 0. The molecule has 0 amide bonds. The molecular weight excluding hydrogens is 434 g/mol. The van der Waals surface area contributed by atoms with Crippen LogP contribution in [0.1, 0.15) is 0 Å². The first-order chi connectivity index (χ1) is 16.7. The maximum atomic E-state index is 13.0. The van der Waals surface area contributed by atoms with Crippen molar-refractivity contribution in [1.29, 1.82) is 0 Å². The minimum Gasteiger partial charge on any atom is -0.481 e. The van der Waals surface area contributed by atoms with Gasteiger partial charge in [0, 0.05) is 36.7 Å². The van der Waals surface area contributed by atoms with E-state index in [9.17, 15) is 4.79 Å². The van der Waals surface area contributed by atoms with Crippen molar-refractivity contribution in [3.05, 3.63) is 71.7 Å². The normalized spacial score (nSPS) is 13.7. The molecule has 1 N–H and O–H groups in total. The van der Waals surface area contributed by atoms with Gasteiger partial charge in [-0.05, 0) is 30.3 Å². The summed E-state index contributed by atoms with van der Waals surface area (Å²) in [5, 5.41) is 3.62. The van der Waals surface area contributed by atoms with E-state index in [1.165, 1.54) is 10.9 Å². The van der Waals surface area contributed by atoms with Crippen molar-refractivity contribution in [2.24, 2.45) is 0 Å². The number of benzene rings is 1. The van der Waals surface area contributed by atoms with E-state index in [4.69, 9.17) is 9.47 Å². The van der Waals surface area contributed by atoms with Gasteiger partial charge in [0.1, 0.15) is 5.39 Å². The molecule has 0 bridgehead atoms. The predicted molar refractivity (Wildman–Crippen MR) is 130 cm³/mol. The van der Waals surface area contributed by atoms with Crippen LogP contribution in [0.4, 0.5) is 17.3 Å². The van der Waals surface area contributed by atoms with E-state index >= 15 is 0 Å². The number of hydrogen-bond acceptors (Lipinski definition) is 8. The van der Waals surface area contributed by atoms with Crippen LogP contribution in [0.25, 0.3) is 16.9 Å². The third kappa shape index (κ3) is 4.11. The highest BCUT2D eigenvalue weighted by atomic mass is 16.5. The summed E-state index contributed by atoms with van der Waals surface area (Å²) in [6, 6.07) is 13.4. The monoisotopic (exact) mass is 459 g/mol. The first kappa shape index (κ1) is 21.7. The molecule has 1 aromatic carbocycles. The molecule has 4 heterocycles. The molecule has 0 spiro atoms. The summed E-state index contributed by atoms with van der Waals surface area (Å²) in [5.74, 6) is 1.32. The van der Waals surface area contributed by atoms with Gasteiger partial charge in [-0.1, -0.05) is 12.1 Å². The van der Waals surface area contributed by atoms with Crippen LogP contribution in [0.15, 0.2) is 66.1 Å². The lowest BCUT2D eigenvalue weighted by molar-refractivity contribution is 0.122.